The Hall–Kier alpha value is -1.77. The van der Waals surface area contributed by atoms with Crippen molar-refractivity contribution in [3.05, 3.63) is 29.6 Å². The molecule has 0 saturated heterocycles. The van der Waals surface area contributed by atoms with E-state index in [0.29, 0.717) is 30.2 Å². The molecule has 0 spiro atoms. The van der Waals surface area contributed by atoms with Crippen molar-refractivity contribution in [3.8, 4) is 11.5 Å². The van der Waals surface area contributed by atoms with Gasteiger partial charge in [-0.2, -0.15) is 5.10 Å². The number of nitrogens with zero attached hydrogens (tertiary/aromatic N) is 4. The van der Waals surface area contributed by atoms with Gasteiger partial charge in [0.2, 0.25) is 0 Å². The van der Waals surface area contributed by atoms with Crippen LogP contribution < -0.4 is 0 Å². The lowest BCUT2D eigenvalue weighted by atomic mass is 10.2. The largest absolute Gasteiger partial charge is 0.361 e. The Bertz CT molecular complexity index is 857. The summed E-state index contributed by atoms with van der Waals surface area (Å²) in [6.07, 6.45) is 4.98. The topological polar surface area (TPSA) is 68.6 Å². The third-order valence-corrected chi connectivity index (χ3v) is 5.63. The molecule has 0 fully saturated rings. The number of aromatic amines is 1. The van der Waals surface area contributed by atoms with Gasteiger partial charge in [-0.25, -0.2) is 14.4 Å². The fourth-order valence-electron chi connectivity index (χ4n) is 2.27. The number of imidazole rings is 1. The van der Waals surface area contributed by atoms with Crippen molar-refractivity contribution < 1.29 is 9.13 Å². The molecule has 24 heavy (non-hydrogen) atoms. The van der Waals surface area contributed by atoms with E-state index in [1.165, 1.54) is 6.20 Å². The van der Waals surface area contributed by atoms with Crippen molar-refractivity contribution in [2.45, 2.75) is 32.4 Å². The van der Waals surface area contributed by atoms with Gasteiger partial charge in [-0.05, 0) is 6.04 Å². The first-order chi connectivity index (χ1) is 11.4. The number of ether oxygens (including phenoxy) is 1. The Morgan fingerprint density at radius 1 is 1.33 bits per heavy atom. The van der Waals surface area contributed by atoms with Gasteiger partial charge in [-0.3, -0.25) is 5.10 Å². The molecule has 3 heterocycles. The second-order valence-corrected chi connectivity index (χ2v) is 12.8. The number of halogens is 2. The molecule has 0 aliphatic rings. The van der Waals surface area contributed by atoms with E-state index < -0.39 is 13.9 Å². The summed E-state index contributed by atoms with van der Waals surface area (Å²) in [5.74, 6) is -0.0183. The maximum Gasteiger partial charge on any atom is 0.188 e. The number of fused-ring (bicyclic) bond motifs is 1. The molecule has 1 N–H and O–H groups in total. The van der Waals surface area contributed by atoms with Gasteiger partial charge in [0.1, 0.15) is 17.9 Å². The van der Waals surface area contributed by atoms with Crippen LogP contribution in [0.3, 0.4) is 0 Å². The van der Waals surface area contributed by atoms with E-state index in [4.69, 9.17) is 16.3 Å². The minimum Gasteiger partial charge on any atom is -0.361 e. The average Bonchev–Trinajstić information content (AvgIpc) is 3.12. The minimum absolute atomic E-state index is 0.152. The number of nitrogens with one attached hydrogen (secondary N) is 1. The molecule has 0 aliphatic carbocycles. The molecule has 0 aromatic carbocycles. The lowest BCUT2D eigenvalue weighted by molar-refractivity contribution is 0.0882. The molecule has 0 aliphatic heterocycles. The lowest BCUT2D eigenvalue weighted by Gasteiger charge is -2.16. The maximum atomic E-state index is 14.0. The van der Waals surface area contributed by atoms with E-state index in [9.17, 15) is 4.39 Å². The van der Waals surface area contributed by atoms with Crippen LogP contribution in [0, 0.1) is 5.82 Å². The lowest BCUT2D eigenvalue weighted by Crippen LogP contribution is -2.22. The van der Waals surface area contributed by atoms with Crippen LogP contribution >= 0.6 is 11.6 Å². The number of hydrogen-bond acceptors (Lipinski definition) is 4. The molecule has 0 saturated carbocycles. The zero-order valence-corrected chi connectivity index (χ0v) is 15.6. The predicted octanol–water partition coefficient (Wildman–Crippen LogP) is 3.93. The van der Waals surface area contributed by atoms with Crippen LogP contribution in [0.4, 0.5) is 4.39 Å². The summed E-state index contributed by atoms with van der Waals surface area (Å²) in [5.41, 5.74) is 0.742. The molecular weight excluding hydrogens is 349 g/mol. The highest BCUT2D eigenvalue weighted by atomic mass is 35.5. The van der Waals surface area contributed by atoms with Gasteiger partial charge in [0.25, 0.3) is 0 Å². The maximum absolute atomic E-state index is 14.0. The fourth-order valence-corrected chi connectivity index (χ4v) is 3.17. The Labute approximate surface area is 145 Å². The standard InChI is InChI=1S/C15H19ClFN5OSi/c1-24(2,3)7-6-23-9-22-5-4-18-15(22)13-10-8-19-14(16)11(17)12(10)20-21-13/h4-5,8H,6-7,9H2,1-3H3,(H,20,21). The van der Waals surface area contributed by atoms with Gasteiger partial charge < -0.3 is 9.30 Å². The van der Waals surface area contributed by atoms with E-state index in [1.807, 2.05) is 10.8 Å². The summed E-state index contributed by atoms with van der Waals surface area (Å²) in [4.78, 5) is 8.17. The van der Waals surface area contributed by atoms with Crippen LogP contribution in [-0.4, -0.2) is 39.4 Å². The van der Waals surface area contributed by atoms with Crippen LogP contribution in [0.1, 0.15) is 0 Å². The van der Waals surface area contributed by atoms with Crippen molar-refractivity contribution in [1.29, 1.82) is 0 Å². The molecule has 3 aromatic heterocycles. The predicted molar refractivity (Wildman–Crippen MR) is 94.2 cm³/mol. The van der Waals surface area contributed by atoms with Gasteiger partial charge in [-0.15, -0.1) is 0 Å². The molecule has 0 bridgehead atoms. The third-order valence-electron chi connectivity index (χ3n) is 3.67. The van der Waals surface area contributed by atoms with Crippen LogP contribution in [0.15, 0.2) is 18.6 Å². The molecule has 3 aromatic rings. The zero-order chi connectivity index (χ0) is 17.3. The third kappa shape index (κ3) is 3.50. The first-order valence-corrected chi connectivity index (χ1v) is 11.7. The van der Waals surface area contributed by atoms with Crippen molar-refractivity contribution in [2.24, 2.45) is 0 Å². The summed E-state index contributed by atoms with van der Waals surface area (Å²) >= 11 is 5.70. The molecular formula is C15H19ClFN5OSi. The summed E-state index contributed by atoms with van der Waals surface area (Å²) in [6, 6.07) is 1.09. The average molecular weight is 368 g/mol. The van der Waals surface area contributed by atoms with E-state index in [-0.39, 0.29) is 10.7 Å². The first-order valence-electron chi connectivity index (χ1n) is 7.64. The molecule has 3 rings (SSSR count). The molecule has 9 heteroatoms. The quantitative estimate of drug-likeness (QED) is 0.407. The number of rotatable bonds is 6. The Kier molecular flexibility index (Phi) is 4.70. The van der Waals surface area contributed by atoms with E-state index in [2.05, 4.69) is 39.8 Å². The minimum atomic E-state index is -1.12. The summed E-state index contributed by atoms with van der Waals surface area (Å²) in [7, 11) is -1.12. The smallest absolute Gasteiger partial charge is 0.188 e. The summed E-state index contributed by atoms with van der Waals surface area (Å²) in [6.45, 7) is 8.01. The van der Waals surface area contributed by atoms with Crippen molar-refractivity contribution in [3.63, 3.8) is 0 Å². The van der Waals surface area contributed by atoms with E-state index >= 15 is 0 Å². The van der Waals surface area contributed by atoms with Crippen molar-refractivity contribution >= 4 is 30.6 Å². The van der Waals surface area contributed by atoms with Crippen LogP contribution in [0.25, 0.3) is 22.4 Å². The summed E-state index contributed by atoms with van der Waals surface area (Å²) in [5, 5.41) is 7.15. The Morgan fingerprint density at radius 3 is 2.88 bits per heavy atom. The van der Waals surface area contributed by atoms with Gasteiger partial charge in [0.05, 0.1) is 5.39 Å². The highest BCUT2D eigenvalue weighted by Gasteiger charge is 2.18. The zero-order valence-electron chi connectivity index (χ0n) is 13.8. The van der Waals surface area contributed by atoms with Crippen molar-refractivity contribution in [2.75, 3.05) is 6.61 Å². The van der Waals surface area contributed by atoms with Gasteiger partial charge in [0.15, 0.2) is 16.8 Å². The SMILES string of the molecule is C[Si](C)(C)CCOCn1ccnc1-c1[nH]nc2c(F)c(Cl)ncc12. The van der Waals surface area contributed by atoms with Gasteiger partial charge in [-0.1, -0.05) is 31.2 Å². The molecule has 0 radical (unpaired) electrons. The first kappa shape index (κ1) is 17.1. The molecule has 0 atom stereocenters. The van der Waals surface area contributed by atoms with Crippen LogP contribution in [-0.2, 0) is 11.5 Å². The van der Waals surface area contributed by atoms with E-state index in [1.54, 1.807) is 6.20 Å². The van der Waals surface area contributed by atoms with Gasteiger partial charge >= 0.3 is 0 Å². The highest BCUT2D eigenvalue weighted by molar-refractivity contribution is 6.76. The summed E-state index contributed by atoms with van der Waals surface area (Å²) < 4.78 is 21.6. The molecule has 0 unspecified atom stereocenters. The number of hydrogen-bond donors (Lipinski definition) is 1. The van der Waals surface area contributed by atoms with E-state index in [0.717, 1.165) is 6.04 Å². The molecule has 128 valence electrons. The normalized spacial score (nSPS) is 12.2. The second-order valence-electron chi connectivity index (χ2n) is 6.79. The highest BCUT2D eigenvalue weighted by Crippen LogP contribution is 2.28. The Morgan fingerprint density at radius 2 is 2.12 bits per heavy atom. The Balaban J connectivity index is 1.82. The van der Waals surface area contributed by atoms with Crippen molar-refractivity contribution in [1.82, 2.24) is 24.7 Å². The van der Waals surface area contributed by atoms with Gasteiger partial charge in [0, 0.05) is 33.3 Å². The number of aromatic nitrogens is 5. The number of pyridine rings is 1. The van der Waals surface area contributed by atoms with Crippen LogP contribution in [0.5, 0.6) is 0 Å². The van der Waals surface area contributed by atoms with Crippen LogP contribution in [0.2, 0.25) is 30.8 Å². The molecule has 0 amide bonds. The fraction of sp³-hybridized carbons (Fsp3) is 0.400. The number of H-pyrrole nitrogens is 1. The second kappa shape index (κ2) is 6.62. The monoisotopic (exact) mass is 367 g/mol. The molecule has 6 nitrogen and oxygen atoms in total.